The molecule has 27 heavy (non-hydrogen) atoms. The standard InChI is InChI=1S/C19H20ClN3O4/c1-26-19(25)12-4-6-15(20)17(9-12)23-13-5-7-16(21-10-13)18(24)22-11-14-3-2-8-27-14/h4-7,9-10,14,23H,2-3,8,11H2,1H3,(H,22,24). The van der Waals surface area contributed by atoms with E-state index in [0.717, 1.165) is 19.4 Å². The fourth-order valence-electron chi connectivity index (χ4n) is 2.73. The summed E-state index contributed by atoms with van der Waals surface area (Å²) < 4.78 is 10.2. The Morgan fingerprint density at radius 2 is 2.19 bits per heavy atom. The SMILES string of the molecule is COC(=O)c1ccc(Cl)c(Nc2ccc(C(=O)NCC3CCCO3)nc2)c1. The summed E-state index contributed by atoms with van der Waals surface area (Å²) in [6.45, 7) is 1.23. The van der Waals surface area contributed by atoms with Gasteiger partial charge < -0.3 is 20.1 Å². The van der Waals surface area contributed by atoms with Crippen LogP contribution < -0.4 is 10.6 Å². The largest absolute Gasteiger partial charge is 0.465 e. The molecule has 0 saturated carbocycles. The van der Waals surface area contributed by atoms with Gasteiger partial charge in [-0.25, -0.2) is 9.78 Å². The van der Waals surface area contributed by atoms with Crippen LogP contribution in [0.25, 0.3) is 0 Å². The van der Waals surface area contributed by atoms with E-state index >= 15 is 0 Å². The molecule has 1 unspecified atom stereocenters. The molecule has 7 nitrogen and oxygen atoms in total. The predicted molar refractivity (Wildman–Crippen MR) is 102 cm³/mol. The Labute approximate surface area is 162 Å². The van der Waals surface area contributed by atoms with Crippen LogP contribution >= 0.6 is 11.6 Å². The first-order valence-corrected chi connectivity index (χ1v) is 8.95. The normalized spacial score (nSPS) is 16.0. The number of rotatable bonds is 6. The highest BCUT2D eigenvalue weighted by Crippen LogP contribution is 2.26. The van der Waals surface area contributed by atoms with E-state index in [-0.39, 0.29) is 12.0 Å². The molecule has 1 amide bonds. The lowest BCUT2D eigenvalue weighted by molar-refractivity contribution is 0.0600. The van der Waals surface area contributed by atoms with Gasteiger partial charge in [-0.05, 0) is 43.2 Å². The van der Waals surface area contributed by atoms with Gasteiger partial charge in [-0.15, -0.1) is 0 Å². The molecule has 1 saturated heterocycles. The minimum atomic E-state index is -0.453. The quantitative estimate of drug-likeness (QED) is 0.737. The van der Waals surface area contributed by atoms with Gasteiger partial charge in [0.05, 0.1) is 41.4 Å². The number of hydrogen-bond acceptors (Lipinski definition) is 6. The number of carbonyl (C=O) groups is 2. The molecule has 2 heterocycles. The Morgan fingerprint density at radius 1 is 1.33 bits per heavy atom. The van der Waals surface area contributed by atoms with Gasteiger partial charge in [-0.1, -0.05) is 11.6 Å². The third-order valence-electron chi connectivity index (χ3n) is 4.18. The van der Waals surface area contributed by atoms with Crippen molar-refractivity contribution in [3.8, 4) is 0 Å². The average Bonchev–Trinajstić information content (AvgIpc) is 3.21. The van der Waals surface area contributed by atoms with Crippen molar-refractivity contribution < 1.29 is 19.1 Å². The summed E-state index contributed by atoms with van der Waals surface area (Å²) in [7, 11) is 1.32. The van der Waals surface area contributed by atoms with Crippen LogP contribution in [0.15, 0.2) is 36.5 Å². The van der Waals surface area contributed by atoms with E-state index in [2.05, 4.69) is 15.6 Å². The van der Waals surface area contributed by atoms with Crippen LogP contribution in [0.2, 0.25) is 5.02 Å². The van der Waals surface area contributed by atoms with Crippen LogP contribution in [-0.2, 0) is 9.47 Å². The van der Waals surface area contributed by atoms with E-state index in [1.165, 1.54) is 13.3 Å². The highest BCUT2D eigenvalue weighted by atomic mass is 35.5. The number of methoxy groups -OCH3 is 1. The monoisotopic (exact) mass is 389 g/mol. The molecule has 0 aliphatic carbocycles. The van der Waals surface area contributed by atoms with Gasteiger partial charge in [0, 0.05) is 13.2 Å². The summed E-state index contributed by atoms with van der Waals surface area (Å²) in [5.41, 5.74) is 1.86. The van der Waals surface area contributed by atoms with Gasteiger partial charge in [0.15, 0.2) is 0 Å². The Hall–Kier alpha value is -2.64. The Bertz CT molecular complexity index is 820. The Kier molecular flexibility index (Phi) is 6.26. The van der Waals surface area contributed by atoms with E-state index in [4.69, 9.17) is 21.1 Å². The van der Waals surface area contributed by atoms with Crippen molar-refractivity contribution in [3.05, 3.63) is 52.8 Å². The van der Waals surface area contributed by atoms with Crippen molar-refractivity contribution in [2.75, 3.05) is 25.6 Å². The summed E-state index contributed by atoms with van der Waals surface area (Å²) in [6.07, 6.45) is 3.60. The number of pyridine rings is 1. The molecular weight excluding hydrogens is 370 g/mol. The van der Waals surface area contributed by atoms with Crippen LogP contribution in [0.3, 0.4) is 0 Å². The fraction of sp³-hybridized carbons (Fsp3) is 0.316. The second-order valence-electron chi connectivity index (χ2n) is 6.09. The summed E-state index contributed by atoms with van der Waals surface area (Å²) in [4.78, 5) is 28.0. The third-order valence-corrected chi connectivity index (χ3v) is 4.51. The van der Waals surface area contributed by atoms with Gasteiger partial charge >= 0.3 is 5.97 Å². The summed E-state index contributed by atoms with van der Waals surface area (Å²) in [6, 6.07) is 8.12. The van der Waals surface area contributed by atoms with E-state index in [0.29, 0.717) is 34.2 Å². The zero-order valence-corrected chi connectivity index (χ0v) is 15.6. The summed E-state index contributed by atoms with van der Waals surface area (Å²) in [5, 5.41) is 6.35. The number of hydrogen-bond donors (Lipinski definition) is 2. The lowest BCUT2D eigenvalue weighted by Gasteiger charge is -2.12. The molecule has 1 fully saturated rings. The number of halogens is 1. The number of benzene rings is 1. The number of amides is 1. The lowest BCUT2D eigenvalue weighted by atomic mass is 10.2. The Balaban J connectivity index is 1.63. The molecule has 2 N–H and O–H groups in total. The molecule has 1 atom stereocenters. The first-order valence-electron chi connectivity index (χ1n) is 8.57. The van der Waals surface area contributed by atoms with Gasteiger partial charge in [0.1, 0.15) is 5.69 Å². The van der Waals surface area contributed by atoms with Crippen LogP contribution in [0.1, 0.15) is 33.7 Å². The second kappa shape index (κ2) is 8.83. The number of aromatic nitrogens is 1. The van der Waals surface area contributed by atoms with Gasteiger partial charge in [-0.2, -0.15) is 0 Å². The van der Waals surface area contributed by atoms with Crippen molar-refractivity contribution in [2.24, 2.45) is 0 Å². The zero-order chi connectivity index (χ0) is 19.2. The molecule has 8 heteroatoms. The minimum absolute atomic E-state index is 0.0825. The minimum Gasteiger partial charge on any atom is -0.465 e. The van der Waals surface area contributed by atoms with E-state index < -0.39 is 5.97 Å². The lowest BCUT2D eigenvalue weighted by Crippen LogP contribution is -2.32. The molecule has 0 spiro atoms. The fourth-order valence-corrected chi connectivity index (χ4v) is 2.89. The van der Waals surface area contributed by atoms with E-state index in [9.17, 15) is 9.59 Å². The maximum Gasteiger partial charge on any atom is 0.337 e. The molecule has 1 aliphatic rings. The number of nitrogens with one attached hydrogen (secondary N) is 2. The van der Waals surface area contributed by atoms with Crippen molar-refractivity contribution in [1.82, 2.24) is 10.3 Å². The molecule has 1 aliphatic heterocycles. The number of esters is 1. The number of ether oxygens (including phenoxy) is 2. The zero-order valence-electron chi connectivity index (χ0n) is 14.8. The molecular formula is C19H20ClN3O4. The third kappa shape index (κ3) is 4.96. The van der Waals surface area contributed by atoms with Crippen LogP contribution in [0.4, 0.5) is 11.4 Å². The maximum atomic E-state index is 12.2. The van der Waals surface area contributed by atoms with Crippen molar-refractivity contribution >= 4 is 34.9 Å². The molecule has 0 bridgehead atoms. The summed E-state index contributed by atoms with van der Waals surface area (Å²) in [5.74, 6) is -0.700. The van der Waals surface area contributed by atoms with Crippen LogP contribution in [0, 0.1) is 0 Å². The van der Waals surface area contributed by atoms with Crippen molar-refractivity contribution in [2.45, 2.75) is 18.9 Å². The number of anilines is 2. The average molecular weight is 390 g/mol. The smallest absolute Gasteiger partial charge is 0.337 e. The molecule has 0 radical (unpaired) electrons. The summed E-state index contributed by atoms with van der Waals surface area (Å²) >= 11 is 6.17. The van der Waals surface area contributed by atoms with Crippen molar-refractivity contribution in [1.29, 1.82) is 0 Å². The van der Waals surface area contributed by atoms with E-state index in [1.54, 1.807) is 30.3 Å². The first kappa shape index (κ1) is 19.1. The molecule has 1 aromatic heterocycles. The molecule has 142 valence electrons. The topological polar surface area (TPSA) is 89.5 Å². The maximum absolute atomic E-state index is 12.2. The van der Waals surface area contributed by atoms with Gasteiger partial charge in [0.2, 0.25) is 0 Å². The molecule has 3 rings (SSSR count). The van der Waals surface area contributed by atoms with Crippen LogP contribution in [0.5, 0.6) is 0 Å². The second-order valence-corrected chi connectivity index (χ2v) is 6.50. The Morgan fingerprint density at radius 3 is 2.85 bits per heavy atom. The number of carbonyl (C=O) groups excluding carboxylic acids is 2. The highest BCUT2D eigenvalue weighted by molar-refractivity contribution is 6.33. The van der Waals surface area contributed by atoms with Crippen LogP contribution in [-0.4, -0.2) is 43.2 Å². The van der Waals surface area contributed by atoms with Gasteiger partial charge in [0.25, 0.3) is 5.91 Å². The highest BCUT2D eigenvalue weighted by Gasteiger charge is 2.17. The van der Waals surface area contributed by atoms with Gasteiger partial charge in [-0.3, -0.25) is 4.79 Å². The van der Waals surface area contributed by atoms with E-state index in [1.807, 2.05) is 0 Å². The molecule has 1 aromatic carbocycles. The first-order chi connectivity index (χ1) is 13.1. The van der Waals surface area contributed by atoms with Crippen molar-refractivity contribution in [3.63, 3.8) is 0 Å². The predicted octanol–water partition coefficient (Wildman–Crippen LogP) is 3.17. The molecule has 2 aromatic rings. The number of nitrogens with zero attached hydrogens (tertiary/aromatic N) is 1.